The number of rotatable bonds is 2. The minimum atomic E-state index is -1.00. The predicted octanol–water partition coefficient (Wildman–Crippen LogP) is 4.31. The molecule has 0 amide bonds. The number of nitrogens with zero attached hydrogens (tertiary/aromatic N) is 1. The molecule has 94 valence electrons. The molecule has 6 heteroatoms. The van der Waals surface area contributed by atoms with Crippen molar-refractivity contribution in [2.45, 2.75) is 6.92 Å². The van der Waals surface area contributed by atoms with Crippen LogP contribution in [0.15, 0.2) is 28.9 Å². The largest absolute Gasteiger partial charge is 0.335 e. The number of hydrogen-bond donors (Lipinski definition) is 1. The Labute approximate surface area is 110 Å². The highest BCUT2D eigenvalue weighted by Crippen LogP contribution is 2.26. The minimum Gasteiger partial charge on any atom is -0.335 e. The van der Waals surface area contributed by atoms with Crippen molar-refractivity contribution in [1.82, 2.24) is 4.98 Å². The quantitative estimate of drug-likeness (QED) is 0.892. The summed E-state index contributed by atoms with van der Waals surface area (Å²) in [5, 5.41) is 2.51. The molecule has 0 aliphatic rings. The summed E-state index contributed by atoms with van der Waals surface area (Å²) in [6.45, 7) is 1.74. The summed E-state index contributed by atoms with van der Waals surface area (Å²) in [7, 11) is 0. The fourth-order valence-corrected chi connectivity index (χ4v) is 1.90. The molecule has 1 aromatic carbocycles. The van der Waals surface area contributed by atoms with Gasteiger partial charge in [0.1, 0.15) is 17.3 Å². The summed E-state index contributed by atoms with van der Waals surface area (Å²) in [5.74, 6) is -2.66. The third kappa shape index (κ3) is 2.64. The van der Waals surface area contributed by atoms with E-state index in [1.54, 1.807) is 13.0 Å². The van der Waals surface area contributed by atoms with E-state index < -0.39 is 23.1 Å². The maximum absolute atomic E-state index is 13.4. The average molecular weight is 317 g/mol. The van der Waals surface area contributed by atoms with Gasteiger partial charge in [0.05, 0.1) is 0 Å². The lowest BCUT2D eigenvalue weighted by atomic mass is 10.2. The van der Waals surface area contributed by atoms with Crippen molar-refractivity contribution in [3.05, 3.63) is 51.9 Å². The fourth-order valence-electron chi connectivity index (χ4n) is 1.45. The number of nitrogens with one attached hydrogen (secondary N) is 1. The number of benzene rings is 1. The van der Waals surface area contributed by atoms with E-state index in [0.29, 0.717) is 23.5 Å². The van der Waals surface area contributed by atoms with Gasteiger partial charge in [-0.15, -0.1) is 0 Å². The number of halogens is 4. The predicted molar refractivity (Wildman–Crippen MR) is 66.3 cm³/mol. The van der Waals surface area contributed by atoms with Crippen LogP contribution >= 0.6 is 15.9 Å². The van der Waals surface area contributed by atoms with Crippen LogP contribution in [0.25, 0.3) is 0 Å². The highest BCUT2D eigenvalue weighted by atomic mass is 79.9. The van der Waals surface area contributed by atoms with E-state index in [1.165, 1.54) is 6.20 Å². The lowest BCUT2D eigenvalue weighted by Crippen LogP contribution is -2.02. The van der Waals surface area contributed by atoms with Crippen LogP contribution in [0.1, 0.15) is 5.56 Å². The van der Waals surface area contributed by atoms with Gasteiger partial charge in [-0.25, -0.2) is 18.2 Å². The maximum Gasteiger partial charge on any atom is 0.152 e. The van der Waals surface area contributed by atoms with Gasteiger partial charge in [-0.3, -0.25) is 0 Å². The molecular formula is C12H8BrF3N2. The van der Waals surface area contributed by atoms with Crippen LogP contribution < -0.4 is 5.32 Å². The Bertz CT molecular complexity index is 579. The molecule has 0 aliphatic heterocycles. The molecule has 2 rings (SSSR count). The van der Waals surface area contributed by atoms with Crippen molar-refractivity contribution < 1.29 is 13.2 Å². The van der Waals surface area contributed by atoms with Crippen molar-refractivity contribution >= 4 is 27.4 Å². The molecule has 0 saturated carbocycles. The number of aromatic nitrogens is 1. The summed E-state index contributed by atoms with van der Waals surface area (Å²) >= 11 is 3.23. The van der Waals surface area contributed by atoms with E-state index in [1.807, 2.05) is 0 Å². The zero-order valence-corrected chi connectivity index (χ0v) is 10.9. The van der Waals surface area contributed by atoms with Gasteiger partial charge in [-0.1, -0.05) is 0 Å². The third-order valence-corrected chi connectivity index (χ3v) is 2.73. The summed E-state index contributed by atoms with van der Waals surface area (Å²) in [4.78, 5) is 3.99. The van der Waals surface area contributed by atoms with Gasteiger partial charge >= 0.3 is 0 Å². The number of anilines is 2. The van der Waals surface area contributed by atoms with Crippen LogP contribution in [0.3, 0.4) is 0 Å². The number of pyridine rings is 1. The second kappa shape index (κ2) is 4.97. The lowest BCUT2D eigenvalue weighted by Gasteiger charge is -2.10. The first-order chi connectivity index (χ1) is 8.47. The Morgan fingerprint density at radius 2 is 1.72 bits per heavy atom. The van der Waals surface area contributed by atoms with Crippen LogP contribution in [-0.4, -0.2) is 4.98 Å². The van der Waals surface area contributed by atoms with E-state index in [4.69, 9.17) is 0 Å². The third-order valence-electron chi connectivity index (χ3n) is 2.30. The van der Waals surface area contributed by atoms with Crippen molar-refractivity contribution in [1.29, 1.82) is 0 Å². The van der Waals surface area contributed by atoms with Crippen molar-refractivity contribution in [3.63, 3.8) is 0 Å². The van der Waals surface area contributed by atoms with E-state index in [2.05, 4.69) is 26.2 Å². The molecule has 0 bridgehead atoms. The molecule has 0 aliphatic carbocycles. The Hall–Kier alpha value is -1.56. The van der Waals surface area contributed by atoms with E-state index in [9.17, 15) is 13.2 Å². The van der Waals surface area contributed by atoms with Crippen molar-refractivity contribution in [2.75, 3.05) is 5.32 Å². The molecule has 0 saturated heterocycles. The smallest absolute Gasteiger partial charge is 0.152 e. The molecular weight excluding hydrogens is 309 g/mol. The molecule has 18 heavy (non-hydrogen) atoms. The van der Waals surface area contributed by atoms with Gasteiger partial charge in [0, 0.05) is 22.8 Å². The van der Waals surface area contributed by atoms with Crippen LogP contribution in [0, 0.1) is 24.4 Å². The molecule has 0 fully saturated rings. The topological polar surface area (TPSA) is 24.9 Å². The van der Waals surface area contributed by atoms with E-state index in [-0.39, 0.29) is 0 Å². The second-order valence-corrected chi connectivity index (χ2v) is 4.60. The SMILES string of the molecule is Cc1cc(Br)cnc1Nc1c(F)cc(F)cc1F. The zero-order valence-electron chi connectivity index (χ0n) is 9.27. The van der Waals surface area contributed by atoms with Gasteiger partial charge in [0.25, 0.3) is 0 Å². The van der Waals surface area contributed by atoms with Crippen LogP contribution in [-0.2, 0) is 0 Å². The van der Waals surface area contributed by atoms with Crippen LogP contribution in [0.4, 0.5) is 24.7 Å². The maximum atomic E-state index is 13.4. The zero-order chi connectivity index (χ0) is 13.3. The van der Waals surface area contributed by atoms with Gasteiger partial charge in [0.15, 0.2) is 11.6 Å². The standard InChI is InChI=1S/C12H8BrF3N2/c1-6-2-7(13)5-17-12(6)18-11-9(15)3-8(14)4-10(11)16/h2-5H,1H3,(H,17,18). The second-order valence-electron chi connectivity index (χ2n) is 3.69. The van der Waals surface area contributed by atoms with Crippen LogP contribution in [0.2, 0.25) is 0 Å². The summed E-state index contributed by atoms with van der Waals surface area (Å²) in [6, 6.07) is 2.97. The minimum absolute atomic E-state index is 0.308. The Kier molecular flexibility index (Phi) is 3.56. The van der Waals surface area contributed by atoms with E-state index >= 15 is 0 Å². The van der Waals surface area contributed by atoms with Gasteiger partial charge in [-0.05, 0) is 34.5 Å². The number of hydrogen-bond acceptors (Lipinski definition) is 2. The number of aryl methyl sites for hydroxylation is 1. The summed E-state index contributed by atoms with van der Waals surface area (Å²) in [6.07, 6.45) is 1.49. The van der Waals surface area contributed by atoms with E-state index in [0.717, 1.165) is 4.47 Å². The lowest BCUT2D eigenvalue weighted by molar-refractivity contribution is 0.548. The Morgan fingerprint density at radius 1 is 1.11 bits per heavy atom. The fraction of sp³-hybridized carbons (Fsp3) is 0.0833. The van der Waals surface area contributed by atoms with Gasteiger partial charge < -0.3 is 5.32 Å². The average Bonchev–Trinajstić information content (AvgIpc) is 2.25. The summed E-state index contributed by atoms with van der Waals surface area (Å²) < 4.78 is 40.4. The van der Waals surface area contributed by atoms with Crippen molar-refractivity contribution in [3.8, 4) is 0 Å². The molecule has 2 aromatic rings. The summed E-state index contributed by atoms with van der Waals surface area (Å²) in [5.41, 5.74) is 0.279. The van der Waals surface area contributed by atoms with Gasteiger partial charge in [0.2, 0.25) is 0 Å². The first kappa shape index (κ1) is 12.9. The molecule has 0 spiro atoms. The Balaban J connectivity index is 2.40. The highest BCUT2D eigenvalue weighted by Gasteiger charge is 2.13. The molecule has 1 heterocycles. The first-order valence-corrected chi connectivity index (χ1v) is 5.80. The van der Waals surface area contributed by atoms with Crippen LogP contribution in [0.5, 0.6) is 0 Å². The van der Waals surface area contributed by atoms with Crippen molar-refractivity contribution in [2.24, 2.45) is 0 Å². The molecule has 0 radical (unpaired) electrons. The first-order valence-electron chi connectivity index (χ1n) is 5.01. The molecule has 1 N–H and O–H groups in total. The molecule has 0 atom stereocenters. The highest BCUT2D eigenvalue weighted by molar-refractivity contribution is 9.10. The monoisotopic (exact) mass is 316 g/mol. The molecule has 1 aromatic heterocycles. The molecule has 0 unspecified atom stereocenters. The van der Waals surface area contributed by atoms with Gasteiger partial charge in [-0.2, -0.15) is 0 Å². The Morgan fingerprint density at radius 3 is 2.28 bits per heavy atom. The normalized spacial score (nSPS) is 10.5. The molecule has 2 nitrogen and oxygen atoms in total.